The normalized spacial score (nSPS) is 8.92. The first-order chi connectivity index (χ1) is 6.33. The Bertz CT molecular complexity index is 288. The monoisotopic (exact) mass is 180 g/mol. The lowest BCUT2D eigenvalue weighted by Crippen LogP contribution is -2.30. The van der Waals surface area contributed by atoms with Gasteiger partial charge < -0.3 is 10.1 Å². The predicted molar refractivity (Wildman–Crippen MR) is 45.1 cm³/mol. The second-order valence-electron chi connectivity index (χ2n) is 2.09. The summed E-state index contributed by atoms with van der Waals surface area (Å²) in [6, 6.07) is -0.479. The molecule has 0 aliphatic heterocycles. The fraction of sp³-hybridized carbons (Fsp3) is 0.143. The Labute approximate surface area is 74.4 Å². The van der Waals surface area contributed by atoms with Crippen LogP contribution in [0.3, 0.4) is 0 Å². The maximum Gasteiger partial charge on any atom is 0.320 e. The Kier molecular flexibility index (Phi) is 3.37. The number of nitrogens with one attached hydrogen (secondary N) is 2. The smallest absolute Gasteiger partial charge is 0.320 e. The molecule has 68 valence electrons. The minimum absolute atomic E-state index is 0.0217. The molecule has 6 nitrogen and oxygen atoms in total. The van der Waals surface area contributed by atoms with E-state index in [1.54, 1.807) is 0 Å². The zero-order valence-corrected chi connectivity index (χ0v) is 6.73. The lowest BCUT2D eigenvalue weighted by Gasteiger charge is -2.02. The van der Waals surface area contributed by atoms with Crippen LogP contribution in [0, 0.1) is 0 Å². The number of urea groups is 1. The maximum absolute atomic E-state index is 10.9. The van der Waals surface area contributed by atoms with E-state index in [0.29, 0.717) is 12.1 Å². The van der Waals surface area contributed by atoms with Crippen LogP contribution in [0.25, 0.3) is 0 Å². The largest absolute Gasteiger partial charge is 0.331 e. The van der Waals surface area contributed by atoms with Gasteiger partial charge in [-0.05, 0) is 0 Å². The van der Waals surface area contributed by atoms with Crippen LogP contribution in [0.1, 0.15) is 0 Å². The number of rotatable bonds is 3. The van der Waals surface area contributed by atoms with Crippen LogP contribution in [0.2, 0.25) is 0 Å². The molecule has 1 aromatic rings. The van der Waals surface area contributed by atoms with Crippen molar-refractivity contribution in [2.24, 2.45) is 0 Å². The molecule has 0 unspecified atom stereocenters. The summed E-state index contributed by atoms with van der Waals surface area (Å²) in [5.74, 6) is 0.339. The highest BCUT2D eigenvalue weighted by molar-refractivity contribution is 5.89. The molecule has 1 aromatic heterocycles. The Balaban J connectivity index is 2.41. The van der Waals surface area contributed by atoms with Crippen molar-refractivity contribution in [2.75, 3.05) is 11.9 Å². The molecule has 6 heteroatoms. The fourth-order valence-electron chi connectivity index (χ4n) is 0.659. The molecule has 0 fully saturated rings. The van der Waals surface area contributed by atoms with Crippen LogP contribution < -0.4 is 10.6 Å². The molecule has 13 heavy (non-hydrogen) atoms. The quantitative estimate of drug-likeness (QED) is 0.631. The number of nitrogens with zero attached hydrogens (tertiary/aromatic N) is 2. The van der Waals surface area contributed by atoms with Crippen molar-refractivity contribution in [2.45, 2.75) is 0 Å². The number of aromatic nitrogens is 2. The molecule has 2 amide bonds. The van der Waals surface area contributed by atoms with Crippen molar-refractivity contribution in [3.8, 4) is 0 Å². The molecule has 1 heterocycles. The summed E-state index contributed by atoms with van der Waals surface area (Å²) in [6.45, 7) is -0.0217. The summed E-state index contributed by atoms with van der Waals surface area (Å²) in [5.41, 5.74) is 0. The van der Waals surface area contributed by atoms with E-state index in [-0.39, 0.29) is 6.54 Å². The van der Waals surface area contributed by atoms with Gasteiger partial charge in [0, 0.05) is 12.4 Å². The number of hydrogen-bond acceptors (Lipinski definition) is 4. The fourth-order valence-corrected chi connectivity index (χ4v) is 0.659. The van der Waals surface area contributed by atoms with Crippen LogP contribution in [0.5, 0.6) is 0 Å². The molecule has 0 bridgehead atoms. The van der Waals surface area contributed by atoms with E-state index in [1.807, 2.05) is 0 Å². The van der Waals surface area contributed by atoms with Gasteiger partial charge in [-0.3, -0.25) is 10.3 Å². The van der Waals surface area contributed by atoms with Crippen LogP contribution in [0.4, 0.5) is 10.6 Å². The second kappa shape index (κ2) is 4.81. The zero-order chi connectivity index (χ0) is 9.52. The number of carbonyl (C=O) groups is 2. The number of aldehydes is 1. The Morgan fingerprint density at radius 1 is 1.54 bits per heavy atom. The van der Waals surface area contributed by atoms with Crippen molar-refractivity contribution >= 4 is 18.1 Å². The maximum atomic E-state index is 10.9. The van der Waals surface area contributed by atoms with Crippen LogP contribution >= 0.6 is 0 Å². The van der Waals surface area contributed by atoms with Gasteiger partial charge in [-0.15, -0.1) is 0 Å². The van der Waals surface area contributed by atoms with E-state index in [9.17, 15) is 9.59 Å². The summed E-state index contributed by atoms with van der Waals surface area (Å²) in [7, 11) is 0. The third kappa shape index (κ3) is 3.28. The highest BCUT2D eigenvalue weighted by Gasteiger charge is 1.99. The average Bonchev–Trinajstić information content (AvgIpc) is 2.16. The van der Waals surface area contributed by atoms with E-state index in [1.165, 1.54) is 18.6 Å². The van der Waals surface area contributed by atoms with Crippen LogP contribution in [-0.4, -0.2) is 28.8 Å². The average molecular weight is 180 g/mol. The number of anilines is 1. The van der Waals surface area contributed by atoms with Crippen molar-refractivity contribution in [1.29, 1.82) is 0 Å². The summed E-state index contributed by atoms with van der Waals surface area (Å²) in [5, 5.41) is 4.69. The molecule has 0 aromatic carbocycles. The summed E-state index contributed by atoms with van der Waals surface area (Å²) in [6.07, 6.45) is 4.95. The molecule has 1 rings (SSSR count). The third-order valence-electron chi connectivity index (χ3n) is 1.15. The molecule has 0 aliphatic carbocycles. The van der Waals surface area contributed by atoms with E-state index < -0.39 is 6.03 Å². The van der Waals surface area contributed by atoms with Gasteiger partial charge in [0.1, 0.15) is 6.29 Å². The van der Waals surface area contributed by atoms with Gasteiger partial charge in [-0.2, -0.15) is 0 Å². The molecular weight excluding hydrogens is 172 g/mol. The van der Waals surface area contributed by atoms with Crippen molar-refractivity contribution in [3.05, 3.63) is 18.6 Å². The van der Waals surface area contributed by atoms with E-state index in [0.717, 1.165) is 0 Å². The van der Waals surface area contributed by atoms with Crippen molar-refractivity contribution < 1.29 is 9.59 Å². The first kappa shape index (κ1) is 9.11. The Morgan fingerprint density at radius 2 is 2.38 bits per heavy atom. The van der Waals surface area contributed by atoms with Crippen molar-refractivity contribution in [1.82, 2.24) is 15.3 Å². The highest BCUT2D eigenvalue weighted by atomic mass is 16.2. The highest BCUT2D eigenvalue weighted by Crippen LogP contribution is 1.95. The minimum atomic E-state index is -0.479. The first-order valence-corrected chi connectivity index (χ1v) is 3.57. The van der Waals surface area contributed by atoms with Gasteiger partial charge in [0.2, 0.25) is 0 Å². The third-order valence-corrected chi connectivity index (χ3v) is 1.15. The lowest BCUT2D eigenvalue weighted by molar-refractivity contribution is -0.107. The predicted octanol–water partition coefficient (Wildman–Crippen LogP) is -0.203. The van der Waals surface area contributed by atoms with Gasteiger partial charge >= 0.3 is 6.03 Å². The molecule has 0 spiro atoms. The minimum Gasteiger partial charge on any atom is -0.331 e. The molecule has 0 radical (unpaired) electrons. The first-order valence-electron chi connectivity index (χ1n) is 3.57. The molecule has 2 N–H and O–H groups in total. The molecule has 0 atom stereocenters. The van der Waals surface area contributed by atoms with E-state index >= 15 is 0 Å². The summed E-state index contributed by atoms with van der Waals surface area (Å²) in [4.78, 5) is 28.4. The van der Waals surface area contributed by atoms with E-state index in [2.05, 4.69) is 20.6 Å². The van der Waals surface area contributed by atoms with Gasteiger partial charge in [0.05, 0.1) is 12.7 Å². The number of amides is 2. The van der Waals surface area contributed by atoms with Gasteiger partial charge in [-0.1, -0.05) is 0 Å². The SMILES string of the molecule is O=CCNC(=O)Nc1cnccn1. The second-order valence-corrected chi connectivity index (χ2v) is 2.09. The Morgan fingerprint density at radius 3 is 3.00 bits per heavy atom. The molecule has 0 saturated carbocycles. The Hall–Kier alpha value is -1.98. The molecule has 0 saturated heterocycles. The van der Waals surface area contributed by atoms with Gasteiger partial charge in [-0.25, -0.2) is 9.78 Å². The van der Waals surface area contributed by atoms with Gasteiger partial charge in [0.25, 0.3) is 0 Å². The molecular formula is C7H8N4O2. The number of hydrogen-bond donors (Lipinski definition) is 2. The van der Waals surface area contributed by atoms with Crippen molar-refractivity contribution in [3.63, 3.8) is 0 Å². The van der Waals surface area contributed by atoms with Crippen LogP contribution in [0.15, 0.2) is 18.6 Å². The van der Waals surface area contributed by atoms with Gasteiger partial charge in [0.15, 0.2) is 5.82 Å². The number of carbonyl (C=O) groups excluding carboxylic acids is 2. The standard InChI is InChI=1S/C7H8N4O2/c12-4-3-10-7(13)11-6-5-8-1-2-9-6/h1-2,4-5H,3H2,(H2,9,10,11,13). The summed E-state index contributed by atoms with van der Waals surface area (Å²) < 4.78 is 0. The summed E-state index contributed by atoms with van der Waals surface area (Å²) >= 11 is 0. The molecule has 0 aliphatic rings. The van der Waals surface area contributed by atoms with Crippen LogP contribution in [-0.2, 0) is 4.79 Å². The topological polar surface area (TPSA) is 84.0 Å². The van der Waals surface area contributed by atoms with E-state index in [4.69, 9.17) is 0 Å². The zero-order valence-electron chi connectivity index (χ0n) is 6.73. The lowest BCUT2D eigenvalue weighted by atomic mass is 10.6.